The molecule has 3 N–H and O–H groups in total. The molecule has 23 heavy (non-hydrogen) atoms. The minimum absolute atomic E-state index is 0.273. The highest BCUT2D eigenvalue weighted by Gasteiger charge is 2.49. The van der Waals surface area contributed by atoms with Gasteiger partial charge in [0.1, 0.15) is 11.3 Å². The molecule has 1 saturated heterocycles. The molecule has 0 radical (unpaired) electrons. The van der Waals surface area contributed by atoms with Crippen molar-refractivity contribution in [3.8, 4) is 5.75 Å². The van der Waals surface area contributed by atoms with E-state index in [9.17, 15) is 9.59 Å². The van der Waals surface area contributed by atoms with E-state index in [-0.39, 0.29) is 5.11 Å². The lowest BCUT2D eigenvalue weighted by Crippen LogP contribution is -2.51. The van der Waals surface area contributed by atoms with Crippen molar-refractivity contribution in [3.05, 3.63) is 29.8 Å². The summed E-state index contributed by atoms with van der Waals surface area (Å²) in [6.07, 6.45) is 2.09. The molecule has 3 amide bonds. The first-order chi connectivity index (χ1) is 10.9. The molecular weight excluding hydrogens is 316 g/mol. The monoisotopic (exact) mass is 334 g/mol. The van der Waals surface area contributed by atoms with Crippen LogP contribution in [-0.4, -0.2) is 35.2 Å². The Kier molecular flexibility index (Phi) is 3.85. The van der Waals surface area contributed by atoms with Crippen LogP contribution in [0.2, 0.25) is 0 Å². The lowest BCUT2D eigenvalue weighted by atomic mass is 9.92. The number of ether oxygens (including phenoxy) is 1. The van der Waals surface area contributed by atoms with Gasteiger partial charge in [0.15, 0.2) is 5.11 Å². The van der Waals surface area contributed by atoms with E-state index in [0.717, 1.165) is 17.9 Å². The fraction of sp³-hybridized carbons (Fsp3) is 0.400. The van der Waals surface area contributed by atoms with Crippen LogP contribution in [0.25, 0.3) is 0 Å². The third kappa shape index (κ3) is 2.94. The Bertz CT molecular complexity index is 659. The predicted molar refractivity (Wildman–Crippen MR) is 87.6 cm³/mol. The number of nitrogens with zero attached hydrogens (tertiary/aromatic N) is 1. The van der Waals surface area contributed by atoms with Gasteiger partial charge in [-0.3, -0.25) is 10.2 Å². The average Bonchev–Trinajstić information content (AvgIpc) is 3.32. The summed E-state index contributed by atoms with van der Waals surface area (Å²) in [5.74, 6) is 0.270. The molecule has 122 valence electrons. The van der Waals surface area contributed by atoms with Crippen LogP contribution in [0.1, 0.15) is 25.3 Å². The van der Waals surface area contributed by atoms with Gasteiger partial charge < -0.3 is 15.4 Å². The number of carbonyl (C=O) groups excluding carboxylic acids is 2. The maximum atomic E-state index is 12.7. The van der Waals surface area contributed by atoms with Crippen LogP contribution >= 0.6 is 12.2 Å². The molecule has 2 fully saturated rings. The van der Waals surface area contributed by atoms with Gasteiger partial charge in [0, 0.05) is 6.04 Å². The van der Waals surface area contributed by atoms with Crippen LogP contribution in [0.5, 0.6) is 5.75 Å². The second-order valence-corrected chi connectivity index (χ2v) is 6.19. The predicted octanol–water partition coefficient (Wildman–Crippen LogP) is 1.00. The van der Waals surface area contributed by atoms with Crippen LogP contribution in [0, 0.1) is 0 Å². The molecular formula is C15H18N4O3S. The Morgan fingerprint density at radius 2 is 2.00 bits per heavy atom. The van der Waals surface area contributed by atoms with Crippen molar-refractivity contribution in [1.82, 2.24) is 21.1 Å². The molecule has 1 aromatic rings. The van der Waals surface area contributed by atoms with Gasteiger partial charge in [-0.2, -0.15) is 5.01 Å². The second-order valence-electron chi connectivity index (χ2n) is 5.78. The first-order valence-corrected chi connectivity index (χ1v) is 7.73. The average molecular weight is 334 g/mol. The lowest BCUT2D eigenvalue weighted by molar-refractivity contribution is -0.132. The van der Waals surface area contributed by atoms with Gasteiger partial charge >= 0.3 is 6.03 Å². The van der Waals surface area contributed by atoms with Gasteiger partial charge in [0.05, 0.1) is 7.11 Å². The Morgan fingerprint density at radius 1 is 1.35 bits per heavy atom. The molecule has 8 heteroatoms. The Balaban J connectivity index is 1.76. The van der Waals surface area contributed by atoms with Gasteiger partial charge in [0.25, 0.3) is 5.91 Å². The zero-order valence-electron chi connectivity index (χ0n) is 12.9. The molecule has 1 atom stereocenters. The summed E-state index contributed by atoms with van der Waals surface area (Å²) >= 11 is 5.12. The molecule has 1 heterocycles. The van der Waals surface area contributed by atoms with Crippen LogP contribution in [0.3, 0.4) is 0 Å². The molecule has 1 saturated carbocycles. The van der Waals surface area contributed by atoms with Crippen molar-refractivity contribution < 1.29 is 14.3 Å². The largest absolute Gasteiger partial charge is 0.497 e. The zero-order chi connectivity index (χ0) is 16.6. The smallest absolute Gasteiger partial charge is 0.344 e. The van der Waals surface area contributed by atoms with E-state index in [2.05, 4.69) is 16.1 Å². The quantitative estimate of drug-likeness (QED) is 0.563. The highest BCUT2D eigenvalue weighted by atomic mass is 32.1. The number of urea groups is 1. The first-order valence-electron chi connectivity index (χ1n) is 7.32. The topological polar surface area (TPSA) is 82.7 Å². The number of hydrogen-bond acceptors (Lipinski definition) is 4. The SMILES string of the molecule is COc1ccc([C@]2(C)NC(=O)N(NC(=S)NC3CC3)C2=O)cc1. The molecule has 0 spiro atoms. The summed E-state index contributed by atoms with van der Waals surface area (Å²) in [4.78, 5) is 24.8. The van der Waals surface area contributed by atoms with Crippen molar-refractivity contribution in [2.75, 3.05) is 7.11 Å². The van der Waals surface area contributed by atoms with E-state index in [4.69, 9.17) is 17.0 Å². The van der Waals surface area contributed by atoms with Gasteiger partial charge in [-0.1, -0.05) is 12.1 Å². The number of hydrazine groups is 1. The highest BCUT2D eigenvalue weighted by Crippen LogP contribution is 2.29. The second kappa shape index (κ2) is 5.69. The minimum atomic E-state index is -1.15. The van der Waals surface area contributed by atoms with Crippen LogP contribution < -0.4 is 20.8 Å². The number of nitrogens with one attached hydrogen (secondary N) is 3. The number of benzene rings is 1. The lowest BCUT2D eigenvalue weighted by Gasteiger charge is -2.22. The summed E-state index contributed by atoms with van der Waals surface area (Å²) in [5.41, 5.74) is 2.19. The third-order valence-corrected chi connectivity index (χ3v) is 4.19. The molecule has 1 aliphatic carbocycles. The fourth-order valence-corrected chi connectivity index (χ4v) is 2.67. The van der Waals surface area contributed by atoms with E-state index in [0.29, 0.717) is 17.4 Å². The summed E-state index contributed by atoms with van der Waals surface area (Å²) < 4.78 is 5.11. The van der Waals surface area contributed by atoms with Crippen molar-refractivity contribution in [2.45, 2.75) is 31.3 Å². The van der Waals surface area contributed by atoms with Crippen LogP contribution in [0.15, 0.2) is 24.3 Å². The molecule has 7 nitrogen and oxygen atoms in total. The maximum absolute atomic E-state index is 12.7. The standard InChI is InChI=1S/C15H18N4O3S/c1-15(9-3-7-11(22-2)8-4-9)12(20)19(14(21)17-15)18-13(23)16-10-5-6-10/h3-4,7-8,10H,5-6H2,1-2H3,(H,17,21)(H2,16,18,23)/t15-/m0/s1. The minimum Gasteiger partial charge on any atom is -0.497 e. The number of amides is 3. The summed E-state index contributed by atoms with van der Waals surface area (Å²) in [7, 11) is 1.57. The summed E-state index contributed by atoms with van der Waals surface area (Å²) in [6.45, 7) is 1.66. The molecule has 0 aromatic heterocycles. The van der Waals surface area contributed by atoms with E-state index < -0.39 is 17.5 Å². The summed E-state index contributed by atoms with van der Waals surface area (Å²) in [6, 6.07) is 6.80. The number of hydrogen-bond donors (Lipinski definition) is 3. The number of imide groups is 1. The zero-order valence-corrected chi connectivity index (χ0v) is 13.7. The Hall–Kier alpha value is -2.35. The van der Waals surface area contributed by atoms with Gasteiger partial charge in [-0.15, -0.1) is 0 Å². The van der Waals surface area contributed by atoms with Gasteiger partial charge in [-0.05, 0) is 49.7 Å². The number of rotatable bonds is 4. The maximum Gasteiger partial charge on any atom is 0.344 e. The number of thiocarbonyl (C=S) groups is 1. The van der Waals surface area contributed by atoms with Crippen molar-refractivity contribution >= 4 is 29.3 Å². The van der Waals surface area contributed by atoms with Gasteiger partial charge in [-0.25, -0.2) is 4.79 Å². The third-order valence-electron chi connectivity index (χ3n) is 3.98. The fourth-order valence-electron chi connectivity index (χ4n) is 2.41. The van der Waals surface area contributed by atoms with Crippen molar-refractivity contribution in [1.29, 1.82) is 0 Å². The highest BCUT2D eigenvalue weighted by molar-refractivity contribution is 7.80. The van der Waals surface area contributed by atoms with E-state index in [1.54, 1.807) is 38.3 Å². The molecule has 1 aromatic carbocycles. The Morgan fingerprint density at radius 3 is 2.57 bits per heavy atom. The van der Waals surface area contributed by atoms with Crippen LogP contribution in [-0.2, 0) is 10.3 Å². The van der Waals surface area contributed by atoms with Crippen LogP contribution in [0.4, 0.5) is 4.79 Å². The van der Waals surface area contributed by atoms with E-state index >= 15 is 0 Å². The molecule has 3 rings (SSSR count). The van der Waals surface area contributed by atoms with E-state index in [1.807, 2.05) is 0 Å². The first kappa shape index (κ1) is 15.5. The number of carbonyl (C=O) groups is 2. The Labute approximate surface area is 139 Å². The number of methoxy groups -OCH3 is 1. The molecule has 2 aliphatic rings. The van der Waals surface area contributed by atoms with E-state index in [1.165, 1.54) is 0 Å². The molecule has 0 unspecified atom stereocenters. The normalized spacial score (nSPS) is 23.5. The summed E-state index contributed by atoms with van der Waals surface area (Å²) in [5, 5.41) is 6.93. The van der Waals surface area contributed by atoms with Crippen molar-refractivity contribution in [2.24, 2.45) is 0 Å². The van der Waals surface area contributed by atoms with Gasteiger partial charge in [0.2, 0.25) is 0 Å². The molecule has 1 aliphatic heterocycles. The molecule has 0 bridgehead atoms. The van der Waals surface area contributed by atoms with Crippen molar-refractivity contribution in [3.63, 3.8) is 0 Å².